The van der Waals surface area contributed by atoms with Gasteiger partial charge in [-0.2, -0.15) is 0 Å². The molecule has 3 aromatic rings. The molecule has 0 bridgehead atoms. The highest BCUT2D eigenvalue weighted by Crippen LogP contribution is 2.31. The predicted octanol–water partition coefficient (Wildman–Crippen LogP) is 2.68. The van der Waals surface area contributed by atoms with Crippen molar-refractivity contribution < 1.29 is 17.5 Å². The van der Waals surface area contributed by atoms with E-state index in [0.29, 0.717) is 24.6 Å². The van der Waals surface area contributed by atoms with Gasteiger partial charge < -0.3 is 14.6 Å². The van der Waals surface area contributed by atoms with Crippen molar-refractivity contribution >= 4 is 21.5 Å². The number of halogens is 1. The third-order valence-corrected chi connectivity index (χ3v) is 5.90. The summed E-state index contributed by atoms with van der Waals surface area (Å²) in [6.07, 6.45) is 6.80. The molecular formula is C19H21FN6O3S. The normalized spacial score (nSPS) is 15.3. The number of sulfone groups is 1. The van der Waals surface area contributed by atoms with Gasteiger partial charge in [0.05, 0.1) is 30.0 Å². The Kier molecular flexibility index (Phi) is 5.48. The van der Waals surface area contributed by atoms with Crippen molar-refractivity contribution in [2.45, 2.75) is 30.8 Å². The van der Waals surface area contributed by atoms with Gasteiger partial charge in [0.2, 0.25) is 5.95 Å². The zero-order chi connectivity index (χ0) is 21.3. The molecule has 0 atom stereocenters. The maximum atomic E-state index is 14.6. The zero-order valence-corrected chi connectivity index (χ0v) is 17.4. The van der Waals surface area contributed by atoms with Gasteiger partial charge in [0.25, 0.3) is 0 Å². The van der Waals surface area contributed by atoms with E-state index in [1.54, 1.807) is 12.3 Å². The van der Waals surface area contributed by atoms with Crippen molar-refractivity contribution in [1.29, 1.82) is 0 Å². The van der Waals surface area contributed by atoms with Gasteiger partial charge in [-0.1, -0.05) is 0 Å². The Labute approximate surface area is 173 Å². The topological polar surface area (TPSA) is 112 Å². The lowest BCUT2D eigenvalue weighted by Crippen LogP contribution is -2.21. The van der Waals surface area contributed by atoms with Crippen molar-refractivity contribution in [3.63, 3.8) is 0 Å². The molecule has 1 fully saturated rings. The van der Waals surface area contributed by atoms with Gasteiger partial charge in [0.15, 0.2) is 20.7 Å². The Balaban J connectivity index is 1.65. The maximum absolute atomic E-state index is 14.6. The van der Waals surface area contributed by atoms with E-state index < -0.39 is 15.7 Å². The number of aromatic nitrogens is 5. The summed E-state index contributed by atoms with van der Waals surface area (Å²) < 4.78 is 45.2. The average Bonchev–Trinajstić information content (AvgIpc) is 3.11. The van der Waals surface area contributed by atoms with E-state index >= 15 is 0 Å². The van der Waals surface area contributed by atoms with Crippen LogP contribution in [0, 0.1) is 12.7 Å². The molecule has 1 saturated heterocycles. The average molecular weight is 432 g/mol. The Morgan fingerprint density at radius 3 is 2.57 bits per heavy atom. The highest BCUT2D eigenvalue weighted by atomic mass is 32.2. The van der Waals surface area contributed by atoms with Crippen molar-refractivity contribution in [2.24, 2.45) is 0 Å². The summed E-state index contributed by atoms with van der Waals surface area (Å²) >= 11 is 0. The lowest BCUT2D eigenvalue weighted by molar-refractivity contribution is 0.0694. The van der Waals surface area contributed by atoms with Gasteiger partial charge in [-0.15, -0.1) is 0 Å². The molecule has 11 heteroatoms. The van der Waals surface area contributed by atoms with Crippen molar-refractivity contribution in [3.05, 3.63) is 42.4 Å². The number of imidazole rings is 1. The van der Waals surface area contributed by atoms with E-state index in [0.717, 1.165) is 31.1 Å². The lowest BCUT2D eigenvalue weighted by atomic mass is 10.1. The molecule has 1 aliphatic heterocycles. The Hall–Kier alpha value is -2.92. The number of nitrogens with zero attached hydrogens (tertiary/aromatic N) is 5. The fourth-order valence-electron chi connectivity index (χ4n) is 3.44. The van der Waals surface area contributed by atoms with Crippen LogP contribution in [0.2, 0.25) is 0 Å². The van der Waals surface area contributed by atoms with Crippen LogP contribution in [0.3, 0.4) is 0 Å². The van der Waals surface area contributed by atoms with Gasteiger partial charge in [0.1, 0.15) is 11.5 Å². The van der Waals surface area contributed by atoms with Gasteiger partial charge in [0, 0.05) is 25.5 Å². The van der Waals surface area contributed by atoms with E-state index in [4.69, 9.17) is 4.74 Å². The maximum Gasteiger partial charge on any atom is 0.228 e. The second-order valence-electron chi connectivity index (χ2n) is 7.08. The van der Waals surface area contributed by atoms with Crippen LogP contribution in [0.15, 0.2) is 35.7 Å². The highest BCUT2D eigenvalue weighted by molar-refractivity contribution is 7.90. The molecule has 158 valence electrons. The Morgan fingerprint density at radius 2 is 1.90 bits per heavy atom. The van der Waals surface area contributed by atoms with Crippen LogP contribution in [0.5, 0.6) is 0 Å². The number of ether oxygens (including phenoxy) is 1. The molecule has 0 aromatic carbocycles. The fourth-order valence-corrected chi connectivity index (χ4v) is 4.00. The molecule has 30 heavy (non-hydrogen) atoms. The molecule has 0 aliphatic carbocycles. The summed E-state index contributed by atoms with van der Waals surface area (Å²) in [7, 11) is -3.39. The predicted molar refractivity (Wildman–Crippen MR) is 108 cm³/mol. The molecular weight excluding hydrogens is 411 g/mol. The molecule has 4 rings (SSSR count). The van der Waals surface area contributed by atoms with E-state index in [1.165, 1.54) is 12.3 Å². The molecule has 0 saturated carbocycles. The molecule has 0 spiro atoms. The molecule has 0 radical (unpaired) electrons. The number of hydrogen-bond acceptors (Lipinski definition) is 8. The van der Waals surface area contributed by atoms with Crippen molar-refractivity contribution in [3.8, 4) is 11.4 Å². The van der Waals surface area contributed by atoms with Crippen LogP contribution in [0.25, 0.3) is 11.4 Å². The number of rotatable bonds is 5. The molecule has 3 aromatic heterocycles. The van der Waals surface area contributed by atoms with Crippen LogP contribution in [0.1, 0.15) is 24.7 Å². The molecule has 9 nitrogen and oxygen atoms in total. The molecule has 0 amide bonds. The summed E-state index contributed by atoms with van der Waals surface area (Å²) in [4.78, 5) is 16.6. The van der Waals surface area contributed by atoms with E-state index in [1.807, 2.05) is 11.5 Å². The minimum absolute atomic E-state index is 0.0374. The highest BCUT2D eigenvalue weighted by Gasteiger charge is 2.23. The van der Waals surface area contributed by atoms with E-state index in [9.17, 15) is 12.8 Å². The van der Waals surface area contributed by atoms with Crippen LogP contribution in [-0.4, -0.2) is 52.4 Å². The Morgan fingerprint density at radius 1 is 1.13 bits per heavy atom. The van der Waals surface area contributed by atoms with Crippen LogP contribution < -0.4 is 5.32 Å². The first-order valence-corrected chi connectivity index (χ1v) is 11.3. The summed E-state index contributed by atoms with van der Waals surface area (Å²) in [5.41, 5.74) is 1.20. The largest absolute Gasteiger partial charge is 0.381 e. The first-order chi connectivity index (χ1) is 14.3. The van der Waals surface area contributed by atoms with Gasteiger partial charge >= 0.3 is 0 Å². The summed E-state index contributed by atoms with van der Waals surface area (Å²) in [5, 5.41) is 2.89. The number of anilines is 2. The fraction of sp³-hybridized carbons (Fsp3) is 0.368. The van der Waals surface area contributed by atoms with Gasteiger partial charge in [-0.25, -0.2) is 32.7 Å². The van der Waals surface area contributed by atoms with Crippen molar-refractivity contribution in [1.82, 2.24) is 24.5 Å². The molecule has 1 N–H and O–H groups in total. The van der Waals surface area contributed by atoms with Crippen LogP contribution in [-0.2, 0) is 14.6 Å². The smallest absolute Gasteiger partial charge is 0.228 e. The standard InChI is InChI=1S/C19H21FN6O3S/c1-12-21-11-16(26(12)14-5-7-29-8-6-14)18-15(20)10-23-19(25-18)24-13-3-4-17(22-9-13)30(2,27)28/h3-4,9-11,14H,5-8H2,1-2H3,(H,23,24,25). The number of pyridine rings is 1. The molecule has 0 unspecified atom stereocenters. The monoisotopic (exact) mass is 432 g/mol. The quantitative estimate of drug-likeness (QED) is 0.655. The van der Waals surface area contributed by atoms with Crippen LogP contribution in [0.4, 0.5) is 16.0 Å². The van der Waals surface area contributed by atoms with E-state index in [-0.39, 0.29) is 22.7 Å². The summed E-state index contributed by atoms with van der Waals surface area (Å²) in [6.45, 7) is 3.18. The summed E-state index contributed by atoms with van der Waals surface area (Å²) in [6, 6.07) is 3.09. The number of aryl methyl sites for hydroxylation is 1. The van der Waals surface area contributed by atoms with Gasteiger partial charge in [-0.3, -0.25) is 0 Å². The first kappa shape index (κ1) is 20.4. The minimum Gasteiger partial charge on any atom is -0.381 e. The van der Waals surface area contributed by atoms with Crippen LogP contribution >= 0.6 is 0 Å². The molecule has 4 heterocycles. The molecule has 1 aliphatic rings. The van der Waals surface area contributed by atoms with Gasteiger partial charge in [-0.05, 0) is 31.9 Å². The zero-order valence-electron chi connectivity index (χ0n) is 16.5. The summed E-state index contributed by atoms with van der Waals surface area (Å²) in [5.74, 6) is 0.391. The van der Waals surface area contributed by atoms with Crippen molar-refractivity contribution in [2.75, 3.05) is 24.8 Å². The Bertz CT molecular complexity index is 1160. The second kappa shape index (κ2) is 8.07. The van der Waals surface area contributed by atoms with E-state index in [2.05, 4.69) is 25.3 Å². The lowest BCUT2D eigenvalue weighted by Gasteiger charge is -2.26. The third kappa shape index (κ3) is 4.17. The SMILES string of the molecule is Cc1ncc(-c2nc(Nc3ccc(S(C)(=O)=O)nc3)ncc2F)n1C1CCOCC1. The number of nitrogens with one attached hydrogen (secondary N) is 1. The number of hydrogen-bond donors (Lipinski definition) is 1. The third-order valence-electron chi connectivity index (χ3n) is 4.90. The first-order valence-electron chi connectivity index (χ1n) is 9.40. The minimum atomic E-state index is -3.39. The second-order valence-corrected chi connectivity index (χ2v) is 9.04.